The summed E-state index contributed by atoms with van der Waals surface area (Å²) in [6.07, 6.45) is 3.07. The molecule has 2 amide bonds. The van der Waals surface area contributed by atoms with Crippen molar-refractivity contribution in [3.8, 4) is 11.5 Å². The minimum atomic E-state index is -3.68. The summed E-state index contributed by atoms with van der Waals surface area (Å²) >= 11 is 0. The van der Waals surface area contributed by atoms with Gasteiger partial charge in [-0.3, -0.25) is 9.59 Å². The summed E-state index contributed by atoms with van der Waals surface area (Å²) in [5.41, 5.74) is 0.606. The lowest BCUT2D eigenvalue weighted by atomic mass is 10.1. The van der Waals surface area contributed by atoms with Crippen LogP contribution >= 0.6 is 0 Å². The fraction of sp³-hybridized carbons (Fsp3) is 0.600. The second-order valence-electron chi connectivity index (χ2n) is 8.54. The van der Waals surface area contributed by atoms with Crippen LogP contribution in [0.2, 0.25) is 0 Å². The van der Waals surface area contributed by atoms with Crippen LogP contribution < -0.4 is 15.4 Å². The van der Waals surface area contributed by atoms with Gasteiger partial charge >= 0.3 is 10.4 Å². The lowest BCUT2D eigenvalue weighted by molar-refractivity contribution is -0.123. The molecule has 1 rings (SSSR count). The van der Waals surface area contributed by atoms with E-state index in [9.17, 15) is 23.1 Å². The molecule has 0 spiro atoms. The van der Waals surface area contributed by atoms with Gasteiger partial charge in [0.2, 0.25) is 0 Å². The molecule has 0 saturated carbocycles. The maximum atomic E-state index is 12.7. The Morgan fingerprint density at radius 2 is 1.39 bits per heavy atom. The average molecular weight is 561 g/mol. The van der Waals surface area contributed by atoms with E-state index in [2.05, 4.69) is 19.0 Å². The first-order chi connectivity index (χ1) is 17.9. The van der Waals surface area contributed by atoms with Crippen molar-refractivity contribution in [3.05, 3.63) is 29.3 Å². The van der Waals surface area contributed by atoms with Gasteiger partial charge in [0.05, 0.1) is 20.3 Å². The molecular weight excluding hydrogens is 516 g/mol. The molecule has 0 aliphatic rings. The standard InChI is InChI=1S/C21H34N4O4.C4H10O4S/c1-24(2)12-6-10-22-20(27)17(21(28)23-11-7-13-25(3)4)14-16-8-9-18(26)19(15-16)29-5;1-3-7-9(5,6)8-4-2/h8-9,14-15,26H,6-7,10-13H2,1-5H3,(H,22,27)(H,23,28);3-4H2,1-2H3. The molecule has 0 heterocycles. The molecular formula is C25H44N4O8S. The number of ether oxygens (including phenoxy) is 1. The van der Waals surface area contributed by atoms with Gasteiger partial charge in [0.1, 0.15) is 5.57 Å². The molecule has 0 bridgehead atoms. The Balaban J connectivity index is 0.00000129. The number of carbonyl (C=O) groups excluding carboxylic acids is 2. The monoisotopic (exact) mass is 560 g/mol. The van der Waals surface area contributed by atoms with Crippen LogP contribution in [-0.2, 0) is 28.4 Å². The molecule has 3 N–H and O–H groups in total. The number of phenols is 1. The predicted octanol–water partition coefficient (Wildman–Crippen LogP) is 1.22. The van der Waals surface area contributed by atoms with Crippen LogP contribution in [0, 0.1) is 0 Å². The third-order valence-electron chi connectivity index (χ3n) is 4.66. The molecule has 1 aromatic carbocycles. The molecule has 0 fully saturated rings. The van der Waals surface area contributed by atoms with E-state index < -0.39 is 22.2 Å². The number of nitrogens with zero attached hydrogens (tertiary/aromatic N) is 2. The van der Waals surface area contributed by atoms with E-state index in [0.717, 1.165) is 25.9 Å². The summed E-state index contributed by atoms with van der Waals surface area (Å²) in [6, 6.07) is 4.66. The van der Waals surface area contributed by atoms with Gasteiger partial charge < -0.3 is 30.3 Å². The number of nitrogens with one attached hydrogen (secondary N) is 2. The van der Waals surface area contributed by atoms with Gasteiger partial charge in [0, 0.05) is 13.1 Å². The average Bonchev–Trinajstić information content (AvgIpc) is 2.83. The number of methoxy groups -OCH3 is 1. The molecule has 0 atom stereocenters. The van der Waals surface area contributed by atoms with Crippen molar-refractivity contribution in [3.63, 3.8) is 0 Å². The Hall–Kier alpha value is -2.71. The molecule has 218 valence electrons. The molecule has 0 radical (unpaired) electrons. The van der Waals surface area contributed by atoms with Gasteiger partial charge in [0.15, 0.2) is 11.5 Å². The van der Waals surface area contributed by atoms with Gasteiger partial charge in [-0.1, -0.05) is 6.07 Å². The number of phenolic OH excluding ortho intramolecular Hbond substituents is 1. The molecule has 0 saturated heterocycles. The van der Waals surface area contributed by atoms with Gasteiger partial charge in [-0.15, -0.1) is 0 Å². The highest BCUT2D eigenvalue weighted by atomic mass is 32.3. The highest BCUT2D eigenvalue weighted by Gasteiger charge is 2.18. The Morgan fingerprint density at radius 3 is 1.79 bits per heavy atom. The molecule has 12 nitrogen and oxygen atoms in total. The zero-order chi connectivity index (χ0) is 29.1. The zero-order valence-electron chi connectivity index (χ0n) is 23.6. The third kappa shape index (κ3) is 16.2. The molecule has 0 aliphatic carbocycles. The Morgan fingerprint density at radius 1 is 0.921 bits per heavy atom. The normalized spacial score (nSPS) is 11.0. The second-order valence-corrected chi connectivity index (χ2v) is 9.82. The summed E-state index contributed by atoms with van der Waals surface area (Å²) in [6.45, 7) is 6.01. The summed E-state index contributed by atoms with van der Waals surface area (Å²) in [5.74, 6) is -0.592. The first-order valence-corrected chi connectivity index (χ1v) is 13.7. The van der Waals surface area contributed by atoms with Crippen molar-refractivity contribution >= 4 is 28.3 Å². The fourth-order valence-corrected chi connectivity index (χ4v) is 3.54. The lowest BCUT2D eigenvalue weighted by Gasteiger charge is -2.13. The molecule has 13 heteroatoms. The second kappa shape index (κ2) is 19.4. The number of aromatic hydroxyl groups is 1. The van der Waals surface area contributed by atoms with E-state index in [-0.39, 0.29) is 30.3 Å². The van der Waals surface area contributed by atoms with Crippen LogP contribution in [0.4, 0.5) is 0 Å². The summed E-state index contributed by atoms with van der Waals surface area (Å²) in [5, 5.41) is 15.4. The number of rotatable bonds is 16. The molecule has 38 heavy (non-hydrogen) atoms. The maximum absolute atomic E-state index is 12.7. The number of carbonyl (C=O) groups is 2. The largest absolute Gasteiger partial charge is 0.504 e. The van der Waals surface area contributed by atoms with Crippen molar-refractivity contribution in [1.82, 2.24) is 20.4 Å². The van der Waals surface area contributed by atoms with Crippen molar-refractivity contribution in [2.45, 2.75) is 26.7 Å². The topological polar surface area (TPSA) is 147 Å². The van der Waals surface area contributed by atoms with Crippen LogP contribution in [-0.4, -0.2) is 110 Å². The maximum Gasteiger partial charge on any atom is 0.399 e. The first kappa shape index (κ1) is 35.3. The van der Waals surface area contributed by atoms with Crippen LogP contribution in [0.3, 0.4) is 0 Å². The first-order valence-electron chi connectivity index (χ1n) is 12.3. The van der Waals surface area contributed by atoms with E-state index in [0.29, 0.717) is 18.7 Å². The predicted molar refractivity (Wildman–Crippen MR) is 147 cm³/mol. The minimum absolute atomic E-state index is 0.00697. The number of amides is 2. The van der Waals surface area contributed by atoms with Crippen LogP contribution in [0.5, 0.6) is 11.5 Å². The van der Waals surface area contributed by atoms with E-state index in [1.54, 1.807) is 26.0 Å². The van der Waals surface area contributed by atoms with E-state index in [1.807, 2.05) is 38.0 Å². The lowest BCUT2D eigenvalue weighted by Crippen LogP contribution is -2.36. The van der Waals surface area contributed by atoms with Crippen LogP contribution in [0.15, 0.2) is 23.8 Å². The van der Waals surface area contributed by atoms with Crippen molar-refractivity contribution < 1.29 is 36.2 Å². The van der Waals surface area contributed by atoms with Crippen LogP contribution in [0.1, 0.15) is 32.3 Å². The van der Waals surface area contributed by atoms with E-state index >= 15 is 0 Å². The SMILES string of the molecule is CCOS(=O)(=O)OCC.COc1cc(C=C(C(=O)NCCCN(C)C)C(=O)NCCCN(C)C)ccc1O. The highest BCUT2D eigenvalue weighted by molar-refractivity contribution is 7.81. The summed E-state index contributed by atoms with van der Waals surface area (Å²) in [4.78, 5) is 29.4. The van der Waals surface area contributed by atoms with Gasteiger partial charge in [-0.2, -0.15) is 8.42 Å². The molecule has 0 aromatic heterocycles. The Labute approximate surface area is 227 Å². The fourth-order valence-electron chi connectivity index (χ4n) is 2.89. The summed E-state index contributed by atoms with van der Waals surface area (Å²) in [7, 11) is 5.62. The van der Waals surface area contributed by atoms with Crippen molar-refractivity contribution in [2.75, 3.05) is 74.7 Å². The van der Waals surface area contributed by atoms with Crippen molar-refractivity contribution in [1.29, 1.82) is 0 Å². The van der Waals surface area contributed by atoms with Gasteiger partial charge in [0.25, 0.3) is 11.8 Å². The smallest absolute Gasteiger partial charge is 0.399 e. The van der Waals surface area contributed by atoms with Gasteiger partial charge in [-0.05, 0) is 91.7 Å². The zero-order valence-corrected chi connectivity index (χ0v) is 24.4. The molecule has 0 unspecified atom stereocenters. The van der Waals surface area contributed by atoms with Gasteiger partial charge in [-0.25, -0.2) is 8.37 Å². The molecule has 1 aromatic rings. The molecule has 0 aliphatic heterocycles. The summed E-state index contributed by atoms with van der Waals surface area (Å²) < 4.78 is 34.3. The van der Waals surface area contributed by atoms with E-state index in [1.165, 1.54) is 19.3 Å². The van der Waals surface area contributed by atoms with E-state index in [4.69, 9.17) is 4.74 Å². The number of hydrogen-bond acceptors (Lipinski definition) is 10. The Kier molecular flexibility index (Phi) is 18.0. The number of hydrogen-bond donors (Lipinski definition) is 3. The quantitative estimate of drug-likeness (QED) is 0.117. The highest BCUT2D eigenvalue weighted by Crippen LogP contribution is 2.27. The third-order valence-corrected chi connectivity index (χ3v) is 5.71. The Bertz CT molecular complexity index is 940. The number of benzene rings is 1. The van der Waals surface area contributed by atoms with Crippen molar-refractivity contribution in [2.24, 2.45) is 0 Å². The van der Waals surface area contributed by atoms with Crippen LogP contribution in [0.25, 0.3) is 6.08 Å². The minimum Gasteiger partial charge on any atom is -0.504 e.